The van der Waals surface area contributed by atoms with E-state index in [1.165, 1.54) is 18.4 Å². The number of amides is 1. The Labute approximate surface area is 108 Å². The summed E-state index contributed by atoms with van der Waals surface area (Å²) < 4.78 is 0. The first-order chi connectivity index (χ1) is 8.86. The molecule has 0 aliphatic carbocycles. The van der Waals surface area contributed by atoms with E-state index >= 15 is 0 Å². The zero-order chi connectivity index (χ0) is 12.4. The summed E-state index contributed by atoms with van der Waals surface area (Å²) in [5.74, 6) is 0.234. The number of nitrogens with one attached hydrogen (secondary N) is 1. The summed E-state index contributed by atoms with van der Waals surface area (Å²) in [4.78, 5) is 14.7. The first-order valence-corrected chi connectivity index (χ1v) is 7.01. The van der Waals surface area contributed by atoms with Crippen LogP contribution in [0.5, 0.6) is 0 Å². The Morgan fingerprint density at radius 1 is 1.11 bits per heavy atom. The van der Waals surface area contributed by atoms with Crippen LogP contribution in [0.25, 0.3) is 0 Å². The maximum Gasteiger partial charge on any atom is 0.254 e. The Bertz CT molecular complexity index is 448. The predicted molar refractivity (Wildman–Crippen MR) is 73.0 cm³/mol. The van der Waals surface area contributed by atoms with Gasteiger partial charge in [-0.3, -0.25) is 4.79 Å². The lowest BCUT2D eigenvalue weighted by Gasteiger charge is -2.21. The molecule has 96 valence electrons. The number of fused-ring (bicyclic) bond motifs is 1. The Hall–Kier alpha value is -1.51. The molecule has 0 bridgehead atoms. The SMILES string of the molecule is O=C(c1cccc2c1CCN2)N1CCCCCC1. The Balaban J connectivity index is 1.85. The number of hydrogen-bond donors (Lipinski definition) is 1. The zero-order valence-corrected chi connectivity index (χ0v) is 10.7. The van der Waals surface area contributed by atoms with E-state index in [0.717, 1.165) is 50.1 Å². The highest BCUT2D eigenvalue weighted by molar-refractivity contribution is 5.97. The molecule has 0 aromatic heterocycles. The molecule has 0 saturated carbocycles. The smallest absolute Gasteiger partial charge is 0.254 e. The molecule has 1 aromatic carbocycles. The van der Waals surface area contributed by atoms with Gasteiger partial charge >= 0.3 is 0 Å². The fraction of sp³-hybridized carbons (Fsp3) is 0.533. The summed E-state index contributed by atoms with van der Waals surface area (Å²) in [6, 6.07) is 6.04. The van der Waals surface area contributed by atoms with Gasteiger partial charge in [0.15, 0.2) is 0 Å². The number of carbonyl (C=O) groups is 1. The van der Waals surface area contributed by atoms with E-state index in [0.29, 0.717) is 0 Å². The second-order valence-corrected chi connectivity index (χ2v) is 5.21. The second kappa shape index (κ2) is 5.01. The molecule has 3 rings (SSSR count). The summed E-state index contributed by atoms with van der Waals surface area (Å²) >= 11 is 0. The molecule has 1 fully saturated rings. The third-order valence-electron chi connectivity index (χ3n) is 3.99. The first-order valence-electron chi connectivity index (χ1n) is 7.01. The average Bonchev–Trinajstić information content (AvgIpc) is 2.71. The fourth-order valence-electron chi connectivity index (χ4n) is 2.99. The van der Waals surface area contributed by atoms with Gasteiger partial charge in [0.2, 0.25) is 0 Å². The van der Waals surface area contributed by atoms with Gasteiger partial charge in [0.25, 0.3) is 5.91 Å². The minimum absolute atomic E-state index is 0.234. The Morgan fingerprint density at radius 2 is 1.89 bits per heavy atom. The molecular weight excluding hydrogens is 224 g/mol. The van der Waals surface area contributed by atoms with Gasteiger partial charge in [-0.15, -0.1) is 0 Å². The van der Waals surface area contributed by atoms with E-state index in [-0.39, 0.29) is 5.91 Å². The van der Waals surface area contributed by atoms with E-state index in [1.807, 2.05) is 17.0 Å². The molecule has 0 spiro atoms. The Morgan fingerprint density at radius 3 is 2.67 bits per heavy atom. The van der Waals surface area contributed by atoms with Gasteiger partial charge in [-0.2, -0.15) is 0 Å². The summed E-state index contributed by atoms with van der Waals surface area (Å²) in [5.41, 5.74) is 3.28. The van der Waals surface area contributed by atoms with Crippen LogP contribution in [0, 0.1) is 0 Å². The molecule has 0 atom stereocenters. The summed E-state index contributed by atoms with van der Waals surface area (Å²) in [7, 11) is 0. The van der Waals surface area contributed by atoms with Crippen molar-refractivity contribution in [3.8, 4) is 0 Å². The maximum atomic E-state index is 12.6. The van der Waals surface area contributed by atoms with Crippen LogP contribution in [0.15, 0.2) is 18.2 Å². The number of likely N-dealkylation sites (tertiary alicyclic amines) is 1. The van der Waals surface area contributed by atoms with Crippen molar-refractivity contribution >= 4 is 11.6 Å². The topological polar surface area (TPSA) is 32.3 Å². The molecule has 3 nitrogen and oxygen atoms in total. The van der Waals surface area contributed by atoms with Crippen molar-refractivity contribution in [3.05, 3.63) is 29.3 Å². The summed E-state index contributed by atoms with van der Waals surface area (Å²) in [6.45, 7) is 2.81. The molecule has 2 aliphatic heterocycles. The normalized spacial score (nSPS) is 19.0. The molecule has 2 aliphatic rings. The number of rotatable bonds is 1. The molecule has 1 aromatic rings. The number of hydrogen-bond acceptors (Lipinski definition) is 2. The summed E-state index contributed by atoms with van der Waals surface area (Å²) in [6.07, 6.45) is 5.81. The standard InChI is InChI=1S/C15H20N2O/c18-15(17-10-3-1-2-4-11-17)13-6-5-7-14-12(13)8-9-16-14/h5-7,16H,1-4,8-11H2. The van der Waals surface area contributed by atoms with Gasteiger partial charge < -0.3 is 10.2 Å². The maximum absolute atomic E-state index is 12.6. The van der Waals surface area contributed by atoms with Crippen molar-refractivity contribution in [2.45, 2.75) is 32.1 Å². The van der Waals surface area contributed by atoms with E-state index in [1.54, 1.807) is 0 Å². The fourth-order valence-corrected chi connectivity index (χ4v) is 2.99. The molecule has 1 saturated heterocycles. The van der Waals surface area contributed by atoms with Gasteiger partial charge in [0.05, 0.1) is 0 Å². The quantitative estimate of drug-likeness (QED) is 0.823. The molecule has 3 heteroatoms. The third kappa shape index (κ3) is 2.09. The molecule has 0 unspecified atom stereocenters. The lowest BCUT2D eigenvalue weighted by Crippen LogP contribution is -2.32. The van der Waals surface area contributed by atoms with Crippen LogP contribution in [0.4, 0.5) is 5.69 Å². The largest absolute Gasteiger partial charge is 0.384 e. The lowest BCUT2D eigenvalue weighted by atomic mass is 10.0. The molecule has 18 heavy (non-hydrogen) atoms. The number of benzene rings is 1. The van der Waals surface area contributed by atoms with Crippen molar-refractivity contribution < 1.29 is 4.79 Å². The first kappa shape index (κ1) is 11.6. The van der Waals surface area contributed by atoms with Crippen LogP contribution in [0.1, 0.15) is 41.6 Å². The van der Waals surface area contributed by atoms with E-state index in [9.17, 15) is 4.79 Å². The number of anilines is 1. The number of nitrogens with zero attached hydrogens (tertiary/aromatic N) is 1. The van der Waals surface area contributed by atoms with Crippen LogP contribution in [-0.4, -0.2) is 30.4 Å². The van der Waals surface area contributed by atoms with Gasteiger partial charge in [0.1, 0.15) is 0 Å². The highest BCUT2D eigenvalue weighted by Gasteiger charge is 2.23. The van der Waals surface area contributed by atoms with Gasteiger partial charge in [0, 0.05) is 30.9 Å². The highest BCUT2D eigenvalue weighted by Crippen LogP contribution is 2.27. The molecule has 0 radical (unpaired) electrons. The van der Waals surface area contributed by atoms with E-state index in [4.69, 9.17) is 0 Å². The minimum Gasteiger partial charge on any atom is -0.384 e. The lowest BCUT2D eigenvalue weighted by molar-refractivity contribution is 0.0761. The molecule has 1 amide bonds. The predicted octanol–water partition coefficient (Wildman–Crippen LogP) is 2.67. The average molecular weight is 244 g/mol. The van der Waals surface area contributed by atoms with Gasteiger partial charge in [-0.25, -0.2) is 0 Å². The van der Waals surface area contributed by atoms with Crippen molar-refractivity contribution in [1.29, 1.82) is 0 Å². The van der Waals surface area contributed by atoms with E-state index in [2.05, 4.69) is 11.4 Å². The molecule has 1 N–H and O–H groups in total. The summed E-state index contributed by atoms with van der Waals surface area (Å²) in [5, 5.41) is 3.34. The van der Waals surface area contributed by atoms with Crippen molar-refractivity contribution in [2.75, 3.05) is 25.0 Å². The minimum atomic E-state index is 0.234. The Kier molecular flexibility index (Phi) is 3.22. The molecular formula is C15H20N2O. The number of carbonyl (C=O) groups excluding carboxylic acids is 1. The van der Waals surface area contributed by atoms with Gasteiger partial charge in [-0.1, -0.05) is 18.9 Å². The van der Waals surface area contributed by atoms with Crippen molar-refractivity contribution in [3.63, 3.8) is 0 Å². The second-order valence-electron chi connectivity index (χ2n) is 5.21. The molecule has 2 heterocycles. The van der Waals surface area contributed by atoms with Crippen LogP contribution >= 0.6 is 0 Å². The van der Waals surface area contributed by atoms with Gasteiger partial charge in [-0.05, 0) is 37.0 Å². The van der Waals surface area contributed by atoms with Crippen molar-refractivity contribution in [1.82, 2.24) is 4.90 Å². The van der Waals surface area contributed by atoms with E-state index < -0.39 is 0 Å². The van der Waals surface area contributed by atoms with Crippen LogP contribution in [0.2, 0.25) is 0 Å². The monoisotopic (exact) mass is 244 g/mol. The highest BCUT2D eigenvalue weighted by atomic mass is 16.2. The van der Waals surface area contributed by atoms with Crippen LogP contribution in [-0.2, 0) is 6.42 Å². The third-order valence-corrected chi connectivity index (χ3v) is 3.99. The van der Waals surface area contributed by atoms with Crippen LogP contribution < -0.4 is 5.32 Å². The van der Waals surface area contributed by atoms with Crippen molar-refractivity contribution in [2.24, 2.45) is 0 Å². The van der Waals surface area contributed by atoms with Crippen LogP contribution in [0.3, 0.4) is 0 Å². The zero-order valence-electron chi connectivity index (χ0n) is 10.7.